The van der Waals surface area contributed by atoms with Crippen LogP contribution in [0.15, 0.2) is 100.0 Å². The summed E-state index contributed by atoms with van der Waals surface area (Å²) >= 11 is 0. The van der Waals surface area contributed by atoms with Crippen LogP contribution >= 0.6 is 0 Å². The molecule has 0 bridgehead atoms. The van der Waals surface area contributed by atoms with E-state index in [0.29, 0.717) is 48.6 Å². The number of nitrogens with zero attached hydrogens (tertiary/aromatic N) is 4. The topological polar surface area (TPSA) is 99.9 Å². The lowest BCUT2D eigenvalue weighted by Crippen LogP contribution is -2.38. The smallest absolute Gasteiger partial charge is 0.299 e. The third kappa shape index (κ3) is 4.72. The van der Waals surface area contributed by atoms with Crippen molar-refractivity contribution in [2.75, 3.05) is 13.1 Å². The van der Waals surface area contributed by atoms with Gasteiger partial charge in [-0.05, 0) is 36.4 Å². The molecule has 0 unspecified atom stereocenters. The van der Waals surface area contributed by atoms with Crippen molar-refractivity contribution in [3.05, 3.63) is 101 Å². The molecule has 35 heavy (non-hydrogen) atoms. The molecule has 2 heterocycles. The molecule has 0 spiro atoms. The minimum absolute atomic E-state index is 0.120. The van der Waals surface area contributed by atoms with Gasteiger partial charge in [-0.2, -0.15) is 5.11 Å². The van der Waals surface area contributed by atoms with Crippen molar-refractivity contribution in [1.29, 1.82) is 0 Å². The first-order valence-corrected chi connectivity index (χ1v) is 11.4. The van der Waals surface area contributed by atoms with E-state index in [9.17, 15) is 14.4 Å². The average molecular weight is 466 g/mol. The molecule has 0 atom stereocenters. The summed E-state index contributed by atoms with van der Waals surface area (Å²) < 4.78 is 1.40. The van der Waals surface area contributed by atoms with E-state index in [0.717, 1.165) is 5.56 Å². The first-order valence-electron chi connectivity index (χ1n) is 11.4. The lowest BCUT2D eigenvalue weighted by atomic mass is 10.1. The van der Waals surface area contributed by atoms with Gasteiger partial charge in [0, 0.05) is 37.1 Å². The molecule has 0 aliphatic carbocycles. The Bertz CT molecular complexity index is 1430. The van der Waals surface area contributed by atoms with Gasteiger partial charge in [0.2, 0.25) is 0 Å². The number of azo groups is 1. The lowest BCUT2D eigenvalue weighted by molar-refractivity contribution is -0.120. The summed E-state index contributed by atoms with van der Waals surface area (Å²) in [4.78, 5) is 39.3. The quantitative estimate of drug-likeness (QED) is 0.417. The van der Waals surface area contributed by atoms with Crippen molar-refractivity contribution >= 4 is 23.1 Å². The second-order valence-corrected chi connectivity index (χ2v) is 8.26. The van der Waals surface area contributed by atoms with Crippen LogP contribution in [0.25, 0.3) is 16.9 Å². The Hall–Kier alpha value is -4.59. The van der Waals surface area contributed by atoms with E-state index in [2.05, 4.69) is 15.3 Å². The fourth-order valence-corrected chi connectivity index (χ4v) is 4.01. The minimum atomic E-state index is -0.350. The van der Waals surface area contributed by atoms with Gasteiger partial charge >= 0.3 is 0 Å². The molecule has 4 aromatic rings. The molecule has 5 rings (SSSR count). The summed E-state index contributed by atoms with van der Waals surface area (Å²) in [5.74, 6) is 0.0650. The van der Waals surface area contributed by atoms with Gasteiger partial charge in [0.05, 0.1) is 17.1 Å². The van der Waals surface area contributed by atoms with Gasteiger partial charge in [-0.15, -0.1) is 5.11 Å². The van der Waals surface area contributed by atoms with Crippen LogP contribution < -0.4 is 5.56 Å². The molecule has 1 N–H and O–H groups in total. The zero-order valence-electron chi connectivity index (χ0n) is 18.9. The summed E-state index contributed by atoms with van der Waals surface area (Å²) in [7, 11) is 0. The summed E-state index contributed by atoms with van der Waals surface area (Å²) in [5, 5.41) is 11.7. The number of benzene rings is 3. The normalized spacial score (nSPS) is 13.9. The van der Waals surface area contributed by atoms with E-state index in [4.69, 9.17) is 0 Å². The zero-order valence-corrected chi connectivity index (χ0v) is 18.9. The summed E-state index contributed by atoms with van der Waals surface area (Å²) in [5.41, 5.74) is 2.91. The molecule has 1 fully saturated rings. The molecule has 0 radical (unpaired) electrons. The number of hydrogen-bond donors (Lipinski definition) is 1. The van der Waals surface area contributed by atoms with Gasteiger partial charge in [-0.25, -0.2) is 4.68 Å². The Morgan fingerprint density at radius 2 is 1.40 bits per heavy atom. The van der Waals surface area contributed by atoms with Crippen LogP contribution in [0.3, 0.4) is 0 Å². The van der Waals surface area contributed by atoms with Gasteiger partial charge in [-0.3, -0.25) is 19.5 Å². The molecule has 8 heteroatoms. The monoisotopic (exact) mass is 465 g/mol. The molecule has 0 saturated carbocycles. The molecular weight excluding hydrogens is 442 g/mol. The van der Waals surface area contributed by atoms with Crippen LogP contribution in [-0.2, 0) is 4.79 Å². The highest BCUT2D eigenvalue weighted by Gasteiger charge is 2.22. The van der Waals surface area contributed by atoms with Crippen LogP contribution in [0.2, 0.25) is 0 Å². The summed E-state index contributed by atoms with van der Waals surface area (Å²) in [6.07, 6.45) is 0.786. The predicted molar refractivity (Wildman–Crippen MR) is 133 cm³/mol. The van der Waals surface area contributed by atoms with Crippen LogP contribution in [-0.4, -0.2) is 39.5 Å². The maximum absolute atomic E-state index is 13.4. The van der Waals surface area contributed by atoms with Crippen molar-refractivity contribution in [3.8, 4) is 16.9 Å². The second kappa shape index (κ2) is 9.72. The maximum Gasteiger partial charge on any atom is 0.299 e. The van der Waals surface area contributed by atoms with Crippen molar-refractivity contribution in [1.82, 2.24) is 14.7 Å². The Morgan fingerprint density at radius 3 is 2.06 bits per heavy atom. The van der Waals surface area contributed by atoms with Crippen LogP contribution in [0.5, 0.6) is 0 Å². The molecule has 1 aliphatic rings. The highest BCUT2D eigenvalue weighted by atomic mass is 16.2. The van der Waals surface area contributed by atoms with E-state index in [-0.39, 0.29) is 22.9 Å². The number of piperidine rings is 1. The van der Waals surface area contributed by atoms with E-state index in [1.165, 1.54) is 4.68 Å². The number of H-pyrrole nitrogens is 1. The fraction of sp³-hybridized carbons (Fsp3) is 0.148. The van der Waals surface area contributed by atoms with Crippen molar-refractivity contribution in [2.24, 2.45) is 10.2 Å². The molecule has 8 nitrogen and oxygen atoms in total. The molecule has 3 aromatic carbocycles. The highest BCUT2D eigenvalue weighted by Crippen LogP contribution is 2.28. The number of aromatic amines is 1. The first kappa shape index (κ1) is 22.2. The Kier molecular flexibility index (Phi) is 6.17. The van der Waals surface area contributed by atoms with Gasteiger partial charge < -0.3 is 4.90 Å². The average Bonchev–Trinajstić information content (AvgIpc) is 3.24. The molecule has 1 aromatic heterocycles. The molecule has 1 amide bonds. The maximum atomic E-state index is 13.4. The van der Waals surface area contributed by atoms with Crippen LogP contribution in [0, 0.1) is 0 Å². The number of rotatable bonds is 5. The van der Waals surface area contributed by atoms with Crippen LogP contribution in [0.1, 0.15) is 23.2 Å². The third-order valence-electron chi connectivity index (χ3n) is 5.93. The number of Topliss-reactive ketones (excluding diaryl/α,β-unsaturated/α-hetero) is 1. The van der Waals surface area contributed by atoms with Crippen molar-refractivity contribution < 1.29 is 9.59 Å². The highest BCUT2D eigenvalue weighted by molar-refractivity contribution is 5.95. The second-order valence-electron chi connectivity index (χ2n) is 8.26. The van der Waals surface area contributed by atoms with Crippen molar-refractivity contribution in [2.45, 2.75) is 12.8 Å². The Labute approximate surface area is 201 Å². The van der Waals surface area contributed by atoms with E-state index >= 15 is 0 Å². The Balaban J connectivity index is 1.48. The van der Waals surface area contributed by atoms with E-state index < -0.39 is 0 Å². The molecule has 1 saturated heterocycles. The number of aromatic nitrogens is 2. The first-order chi connectivity index (χ1) is 17.1. The SMILES string of the molecule is O=C1CCN(C(=O)c2ccc(-n3[nH]c(-c4ccccc4)c(N=Nc4ccccc4)c3=O)cc2)CC1. The predicted octanol–water partition coefficient (Wildman–Crippen LogP) is 5.05. The van der Waals surface area contributed by atoms with E-state index in [1.807, 2.05) is 60.7 Å². The van der Waals surface area contributed by atoms with Gasteiger partial charge in [0.25, 0.3) is 11.5 Å². The molecular formula is C27H23N5O3. The van der Waals surface area contributed by atoms with Crippen molar-refractivity contribution in [3.63, 3.8) is 0 Å². The summed E-state index contributed by atoms with van der Waals surface area (Å²) in [6.45, 7) is 0.872. The number of likely N-dealkylation sites (tertiary alicyclic amines) is 1. The summed E-state index contributed by atoms with van der Waals surface area (Å²) in [6, 6.07) is 25.5. The minimum Gasteiger partial charge on any atom is -0.338 e. The largest absolute Gasteiger partial charge is 0.338 e. The third-order valence-corrected chi connectivity index (χ3v) is 5.93. The van der Waals surface area contributed by atoms with Crippen LogP contribution in [0.4, 0.5) is 11.4 Å². The molecule has 174 valence electrons. The van der Waals surface area contributed by atoms with E-state index in [1.54, 1.807) is 29.2 Å². The standard InChI is InChI=1S/C27H23N5O3/c33-23-15-17-31(18-16-23)26(34)20-11-13-22(14-12-20)32-27(35)25(29-28-21-9-5-2-6-10-21)24(30-32)19-7-3-1-4-8-19/h1-14,30H,15-18H2. The zero-order chi connectivity index (χ0) is 24.2. The number of carbonyl (C=O) groups is 2. The Morgan fingerprint density at radius 1 is 0.771 bits per heavy atom. The molecule has 1 aliphatic heterocycles. The van der Waals surface area contributed by atoms with Gasteiger partial charge in [-0.1, -0.05) is 48.5 Å². The van der Waals surface area contributed by atoms with Gasteiger partial charge in [0.1, 0.15) is 5.78 Å². The number of nitrogens with one attached hydrogen (secondary N) is 1. The number of ketones is 1. The number of carbonyl (C=O) groups excluding carboxylic acids is 2. The number of amides is 1. The lowest BCUT2D eigenvalue weighted by Gasteiger charge is -2.26. The van der Waals surface area contributed by atoms with Gasteiger partial charge in [0.15, 0.2) is 5.69 Å². The fourth-order valence-electron chi connectivity index (χ4n) is 4.01. The number of hydrogen-bond acceptors (Lipinski definition) is 5.